The summed E-state index contributed by atoms with van der Waals surface area (Å²) in [5.74, 6) is 2.98. The predicted molar refractivity (Wildman–Crippen MR) is 93.0 cm³/mol. The second-order valence-electron chi connectivity index (χ2n) is 6.94. The van der Waals surface area contributed by atoms with Crippen LogP contribution >= 0.6 is 11.3 Å². The number of thiophene rings is 1. The van der Waals surface area contributed by atoms with E-state index in [1.807, 2.05) is 11.3 Å². The molecule has 1 aliphatic carbocycles. The molecule has 2 aromatic rings. The van der Waals surface area contributed by atoms with Crippen molar-refractivity contribution < 1.29 is 4.52 Å². The summed E-state index contributed by atoms with van der Waals surface area (Å²) in [6, 6.07) is 2.28. The van der Waals surface area contributed by atoms with Crippen molar-refractivity contribution in [3.63, 3.8) is 0 Å². The summed E-state index contributed by atoms with van der Waals surface area (Å²) in [5.41, 5.74) is 1.50. The van der Waals surface area contributed by atoms with Crippen LogP contribution in [0.3, 0.4) is 0 Å². The number of rotatable bonds is 3. The minimum atomic E-state index is 0.680. The molecule has 0 aromatic carbocycles. The molecule has 4 rings (SSSR count). The highest BCUT2D eigenvalue weighted by Crippen LogP contribution is 2.38. The van der Waals surface area contributed by atoms with Crippen LogP contribution in [0.1, 0.15) is 30.7 Å². The third-order valence-corrected chi connectivity index (χ3v) is 6.31. The third kappa shape index (κ3) is 3.02. The molecule has 0 radical (unpaired) electrons. The van der Waals surface area contributed by atoms with E-state index in [2.05, 4.69) is 40.3 Å². The summed E-state index contributed by atoms with van der Waals surface area (Å²) >= 11 is 1.84. The average molecular weight is 332 g/mol. The van der Waals surface area contributed by atoms with Gasteiger partial charge in [0.25, 0.3) is 11.8 Å². The first-order chi connectivity index (χ1) is 11.2. The minimum Gasteiger partial charge on any atom is -0.336 e. The largest absolute Gasteiger partial charge is 0.336 e. The normalized spacial score (nSPS) is 21.7. The summed E-state index contributed by atoms with van der Waals surface area (Å²) in [7, 11) is 0. The Labute approximate surface area is 141 Å². The molecule has 1 aliphatic heterocycles. The van der Waals surface area contributed by atoms with Gasteiger partial charge in [-0.05, 0) is 47.9 Å². The van der Waals surface area contributed by atoms with Gasteiger partial charge in [0.2, 0.25) is 0 Å². The fourth-order valence-corrected chi connectivity index (χ4v) is 4.67. The Morgan fingerprint density at radius 2 is 2.17 bits per heavy atom. The van der Waals surface area contributed by atoms with Crippen molar-refractivity contribution >= 4 is 17.3 Å². The summed E-state index contributed by atoms with van der Waals surface area (Å²) in [6.07, 6.45) is 3.70. The summed E-state index contributed by atoms with van der Waals surface area (Å²) in [5, 5.41) is 7.53. The number of hydrogen-bond acceptors (Lipinski definition) is 6. The van der Waals surface area contributed by atoms with Crippen molar-refractivity contribution in [2.45, 2.75) is 33.1 Å². The predicted octanol–water partition coefficient (Wildman–Crippen LogP) is 2.97. The molecule has 0 bridgehead atoms. The van der Waals surface area contributed by atoms with Gasteiger partial charge >= 0.3 is 0 Å². The topological polar surface area (TPSA) is 54.2 Å². The molecule has 1 atom stereocenters. The van der Waals surface area contributed by atoms with Gasteiger partial charge in [-0.1, -0.05) is 13.8 Å². The highest BCUT2D eigenvalue weighted by Gasteiger charge is 2.25. The van der Waals surface area contributed by atoms with Gasteiger partial charge in [0.1, 0.15) is 0 Å². The van der Waals surface area contributed by atoms with Gasteiger partial charge in [0.05, 0.1) is 4.88 Å². The minimum absolute atomic E-state index is 0.680. The number of hydrogen-bond donors (Lipinski definition) is 1. The summed E-state index contributed by atoms with van der Waals surface area (Å²) in [4.78, 5) is 9.46. The van der Waals surface area contributed by atoms with E-state index in [4.69, 9.17) is 4.52 Å². The monoisotopic (exact) mass is 332 g/mol. The van der Waals surface area contributed by atoms with Crippen LogP contribution in [0.2, 0.25) is 0 Å². The zero-order valence-electron chi connectivity index (χ0n) is 13.8. The smallest absolute Gasteiger partial charge is 0.269 e. The summed E-state index contributed by atoms with van der Waals surface area (Å²) in [6.45, 7) is 8.51. The fraction of sp³-hybridized carbons (Fsp3) is 0.647. The van der Waals surface area contributed by atoms with Crippen LogP contribution in [-0.2, 0) is 12.8 Å². The van der Waals surface area contributed by atoms with Gasteiger partial charge in [-0.2, -0.15) is 4.98 Å². The summed E-state index contributed by atoms with van der Waals surface area (Å²) < 4.78 is 5.54. The van der Waals surface area contributed by atoms with E-state index in [-0.39, 0.29) is 0 Å². The molecule has 0 amide bonds. The molecule has 1 fully saturated rings. The number of fused-ring (bicyclic) bond motifs is 1. The first kappa shape index (κ1) is 15.1. The second kappa shape index (κ2) is 6.24. The van der Waals surface area contributed by atoms with Crippen molar-refractivity contribution in [1.82, 2.24) is 15.5 Å². The van der Waals surface area contributed by atoms with Crippen molar-refractivity contribution in [3.05, 3.63) is 16.5 Å². The van der Waals surface area contributed by atoms with Crippen molar-refractivity contribution in [2.24, 2.45) is 11.8 Å². The van der Waals surface area contributed by atoms with Gasteiger partial charge in [0.15, 0.2) is 0 Å². The van der Waals surface area contributed by atoms with Crippen LogP contribution in [0, 0.1) is 11.8 Å². The first-order valence-electron chi connectivity index (χ1n) is 8.62. The first-order valence-corrected chi connectivity index (χ1v) is 9.43. The Morgan fingerprint density at radius 3 is 2.96 bits per heavy atom. The highest BCUT2D eigenvalue weighted by molar-refractivity contribution is 7.15. The Hall–Kier alpha value is -1.40. The Kier molecular flexibility index (Phi) is 4.11. The molecule has 1 unspecified atom stereocenters. The van der Waals surface area contributed by atoms with Gasteiger partial charge in [-0.3, -0.25) is 0 Å². The molecule has 2 aliphatic rings. The Balaban J connectivity index is 1.54. The van der Waals surface area contributed by atoms with E-state index in [0.717, 1.165) is 48.8 Å². The van der Waals surface area contributed by atoms with Crippen molar-refractivity contribution in [1.29, 1.82) is 0 Å². The molecule has 6 heteroatoms. The number of anilines is 1. The number of aromatic nitrogens is 2. The molecule has 0 spiro atoms. The number of nitrogens with zero attached hydrogens (tertiary/aromatic N) is 3. The fourth-order valence-electron chi connectivity index (χ4n) is 3.54. The van der Waals surface area contributed by atoms with Crippen molar-refractivity contribution in [3.8, 4) is 10.8 Å². The lowest BCUT2D eigenvalue weighted by atomic mass is 9.81. The molecule has 1 saturated heterocycles. The molecular formula is C17H24N4OS. The number of nitrogens with one attached hydrogen (secondary N) is 1. The SMILES string of the molecule is CC(C)C1CCc2sc(-c3nc(N4CCNCC4)no3)cc2C1. The van der Waals surface area contributed by atoms with Gasteiger partial charge < -0.3 is 14.7 Å². The molecule has 23 heavy (non-hydrogen) atoms. The molecule has 5 nitrogen and oxygen atoms in total. The molecule has 3 heterocycles. The second-order valence-corrected chi connectivity index (χ2v) is 8.08. The van der Waals surface area contributed by atoms with Crippen LogP contribution in [0.4, 0.5) is 5.95 Å². The number of aryl methyl sites for hydroxylation is 1. The zero-order chi connectivity index (χ0) is 15.8. The molecule has 0 saturated carbocycles. The zero-order valence-corrected chi connectivity index (χ0v) is 14.7. The van der Waals surface area contributed by atoms with E-state index < -0.39 is 0 Å². The Morgan fingerprint density at radius 1 is 1.35 bits per heavy atom. The molecule has 1 N–H and O–H groups in total. The molecule has 124 valence electrons. The van der Waals surface area contributed by atoms with E-state index in [1.165, 1.54) is 29.7 Å². The molecule has 2 aromatic heterocycles. The van der Waals surface area contributed by atoms with Gasteiger partial charge in [0, 0.05) is 31.1 Å². The van der Waals surface area contributed by atoms with E-state index >= 15 is 0 Å². The van der Waals surface area contributed by atoms with E-state index in [1.54, 1.807) is 0 Å². The van der Waals surface area contributed by atoms with Gasteiger partial charge in [-0.15, -0.1) is 11.3 Å². The third-order valence-electron chi connectivity index (χ3n) is 5.09. The van der Waals surface area contributed by atoms with E-state index in [0.29, 0.717) is 5.89 Å². The standard InChI is InChI=1S/C17H24N4OS/c1-11(2)12-3-4-14-13(9-12)10-15(23-14)16-19-17(20-22-16)21-7-5-18-6-8-21/h10-12,18H,3-9H2,1-2H3. The van der Waals surface area contributed by atoms with Crippen molar-refractivity contribution in [2.75, 3.05) is 31.1 Å². The van der Waals surface area contributed by atoms with Crippen LogP contribution in [0.5, 0.6) is 0 Å². The maximum atomic E-state index is 5.54. The van der Waals surface area contributed by atoms with E-state index in [9.17, 15) is 0 Å². The number of piperazine rings is 1. The highest BCUT2D eigenvalue weighted by atomic mass is 32.1. The lowest BCUT2D eigenvalue weighted by Gasteiger charge is -2.25. The average Bonchev–Trinajstić information content (AvgIpc) is 3.21. The van der Waals surface area contributed by atoms with Gasteiger partial charge in [-0.25, -0.2) is 0 Å². The van der Waals surface area contributed by atoms with Crippen LogP contribution < -0.4 is 10.2 Å². The Bertz CT molecular complexity index is 672. The van der Waals surface area contributed by atoms with Crippen LogP contribution in [0.25, 0.3) is 10.8 Å². The lowest BCUT2D eigenvalue weighted by Crippen LogP contribution is -2.44. The maximum Gasteiger partial charge on any atom is 0.269 e. The quantitative estimate of drug-likeness (QED) is 0.936. The molecular weight excluding hydrogens is 308 g/mol. The lowest BCUT2D eigenvalue weighted by molar-refractivity contribution is 0.345. The van der Waals surface area contributed by atoms with Crippen LogP contribution in [-0.4, -0.2) is 36.3 Å². The van der Waals surface area contributed by atoms with Crippen LogP contribution in [0.15, 0.2) is 10.6 Å². The maximum absolute atomic E-state index is 5.54.